The first-order valence-electron chi connectivity index (χ1n) is 5.00. The number of thioether (sulfide) groups is 1. The van der Waals surface area contributed by atoms with E-state index >= 15 is 0 Å². The number of carbonyl (C=O) groups is 1. The van der Waals surface area contributed by atoms with E-state index in [1.165, 1.54) is 0 Å². The third-order valence-electron chi connectivity index (χ3n) is 1.87. The molecule has 82 valence electrons. The van der Waals surface area contributed by atoms with Crippen LogP contribution in [0.1, 0.15) is 20.8 Å². The average Bonchev–Trinajstić information content (AvgIpc) is 2.27. The van der Waals surface area contributed by atoms with Crippen LogP contribution in [0.25, 0.3) is 0 Å². The van der Waals surface area contributed by atoms with Crippen molar-refractivity contribution in [3.8, 4) is 0 Å². The maximum absolute atomic E-state index is 11.7. The van der Waals surface area contributed by atoms with Gasteiger partial charge in [-0.15, -0.1) is 0 Å². The first-order chi connectivity index (χ1) is 6.49. The third-order valence-corrected chi connectivity index (χ3v) is 3.00. The minimum Gasteiger partial charge on any atom is -0.460 e. The predicted octanol–water partition coefficient (Wildman–Crippen LogP) is 1.28. The van der Waals surface area contributed by atoms with Crippen LogP contribution in [0.15, 0.2) is 0 Å². The normalized spacial score (nSPS) is 24.1. The molecule has 0 aromatic heterocycles. The highest BCUT2D eigenvalue weighted by atomic mass is 32.2. The summed E-state index contributed by atoms with van der Waals surface area (Å²) >= 11 is 1.81. The van der Waals surface area contributed by atoms with Crippen molar-refractivity contribution >= 4 is 17.7 Å². The van der Waals surface area contributed by atoms with E-state index in [1.54, 1.807) is 0 Å². The van der Waals surface area contributed by atoms with Gasteiger partial charge < -0.3 is 10.1 Å². The minimum absolute atomic E-state index is 0.0155. The average molecular weight is 217 g/mol. The first-order valence-corrected chi connectivity index (χ1v) is 6.16. The SMILES string of the molecule is CC(C)(C)OC(=O)C1CNCCSC1. The molecule has 3 nitrogen and oxygen atoms in total. The summed E-state index contributed by atoms with van der Waals surface area (Å²) in [6, 6.07) is 0. The molecular formula is C10H19NO2S. The summed E-state index contributed by atoms with van der Waals surface area (Å²) in [5, 5.41) is 3.24. The van der Waals surface area contributed by atoms with Crippen LogP contribution in [0.3, 0.4) is 0 Å². The Morgan fingerprint density at radius 3 is 2.86 bits per heavy atom. The molecule has 1 atom stereocenters. The number of nitrogens with one attached hydrogen (secondary N) is 1. The van der Waals surface area contributed by atoms with Crippen LogP contribution in [0, 0.1) is 5.92 Å². The molecule has 1 heterocycles. The van der Waals surface area contributed by atoms with Gasteiger partial charge in [0.2, 0.25) is 0 Å². The largest absolute Gasteiger partial charge is 0.460 e. The number of hydrogen-bond acceptors (Lipinski definition) is 4. The van der Waals surface area contributed by atoms with Crippen molar-refractivity contribution in [1.82, 2.24) is 5.32 Å². The summed E-state index contributed by atoms with van der Waals surface area (Å²) in [6.45, 7) is 7.46. The van der Waals surface area contributed by atoms with Gasteiger partial charge in [0.25, 0.3) is 0 Å². The van der Waals surface area contributed by atoms with E-state index in [9.17, 15) is 4.79 Å². The molecule has 1 aliphatic heterocycles. The lowest BCUT2D eigenvalue weighted by Crippen LogP contribution is -2.34. The van der Waals surface area contributed by atoms with Gasteiger partial charge in [0, 0.05) is 24.6 Å². The molecule has 1 fully saturated rings. The number of ether oxygens (including phenoxy) is 1. The second-order valence-corrected chi connectivity index (χ2v) is 5.66. The van der Waals surface area contributed by atoms with Crippen molar-refractivity contribution in [2.45, 2.75) is 26.4 Å². The number of esters is 1. The Labute approximate surface area is 90.0 Å². The molecule has 0 aromatic carbocycles. The number of carbonyl (C=O) groups excluding carboxylic acids is 1. The predicted molar refractivity (Wildman–Crippen MR) is 59.5 cm³/mol. The van der Waals surface area contributed by atoms with Gasteiger partial charge in [-0.05, 0) is 20.8 Å². The van der Waals surface area contributed by atoms with E-state index < -0.39 is 0 Å². The van der Waals surface area contributed by atoms with Crippen LogP contribution in [-0.2, 0) is 9.53 Å². The molecule has 4 heteroatoms. The topological polar surface area (TPSA) is 38.3 Å². The van der Waals surface area contributed by atoms with Crippen LogP contribution < -0.4 is 5.32 Å². The van der Waals surface area contributed by atoms with E-state index in [1.807, 2.05) is 32.5 Å². The number of hydrogen-bond donors (Lipinski definition) is 1. The highest BCUT2D eigenvalue weighted by molar-refractivity contribution is 7.99. The monoisotopic (exact) mass is 217 g/mol. The fourth-order valence-electron chi connectivity index (χ4n) is 1.24. The van der Waals surface area contributed by atoms with Crippen molar-refractivity contribution < 1.29 is 9.53 Å². The summed E-state index contributed by atoms with van der Waals surface area (Å²) in [6.07, 6.45) is 0. The van der Waals surface area contributed by atoms with Gasteiger partial charge in [-0.25, -0.2) is 0 Å². The molecule has 0 aliphatic carbocycles. The molecular weight excluding hydrogens is 198 g/mol. The molecule has 0 radical (unpaired) electrons. The van der Waals surface area contributed by atoms with Gasteiger partial charge in [0.05, 0.1) is 5.92 Å². The zero-order valence-electron chi connectivity index (χ0n) is 9.13. The zero-order chi connectivity index (χ0) is 10.6. The Balaban J connectivity index is 2.42. The van der Waals surface area contributed by atoms with Crippen molar-refractivity contribution in [3.63, 3.8) is 0 Å². The molecule has 14 heavy (non-hydrogen) atoms. The van der Waals surface area contributed by atoms with Crippen LogP contribution >= 0.6 is 11.8 Å². The van der Waals surface area contributed by atoms with Crippen LogP contribution in [-0.4, -0.2) is 36.2 Å². The maximum atomic E-state index is 11.7. The summed E-state index contributed by atoms with van der Waals surface area (Å²) in [5.41, 5.74) is -0.367. The molecule has 0 bridgehead atoms. The minimum atomic E-state index is -0.367. The Morgan fingerprint density at radius 2 is 2.21 bits per heavy atom. The standard InChI is InChI=1S/C10H19NO2S/c1-10(2,3)13-9(12)8-6-11-4-5-14-7-8/h8,11H,4-7H2,1-3H3. The lowest BCUT2D eigenvalue weighted by atomic mass is 10.1. The Kier molecular flexibility index (Phi) is 4.26. The van der Waals surface area contributed by atoms with Crippen LogP contribution in [0.4, 0.5) is 0 Å². The second-order valence-electron chi connectivity index (χ2n) is 4.51. The van der Waals surface area contributed by atoms with Crippen LogP contribution in [0.2, 0.25) is 0 Å². The van der Waals surface area contributed by atoms with Gasteiger partial charge in [-0.3, -0.25) is 4.79 Å². The van der Waals surface area contributed by atoms with Crippen molar-refractivity contribution in [1.29, 1.82) is 0 Å². The molecule has 1 aliphatic rings. The van der Waals surface area contributed by atoms with Crippen LogP contribution in [0.5, 0.6) is 0 Å². The van der Waals surface area contributed by atoms with Gasteiger partial charge in [0.15, 0.2) is 0 Å². The van der Waals surface area contributed by atoms with Crippen molar-refractivity contribution in [2.75, 3.05) is 24.6 Å². The summed E-state index contributed by atoms with van der Waals surface area (Å²) in [7, 11) is 0. The zero-order valence-corrected chi connectivity index (χ0v) is 9.95. The van der Waals surface area contributed by atoms with E-state index in [2.05, 4.69) is 5.32 Å². The Hall–Kier alpha value is -0.220. The van der Waals surface area contributed by atoms with Crippen molar-refractivity contribution in [3.05, 3.63) is 0 Å². The molecule has 1 unspecified atom stereocenters. The highest BCUT2D eigenvalue weighted by Gasteiger charge is 2.25. The first kappa shape index (κ1) is 11.9. The smallest absolute Gasteiger partial charge is 0.311 e. The Bertz CT molecular complexity index is 193. The quantitative estimate of drug-likeness (QED) is 0.672. The lowest BCUT2D eigenvalue weighted by Gasteiger charge is -2.23. The van der Waals surface area contributed by atoms with Crippen molar-refractivity contribution in [2.24, 2.45) is 5.92 Å². The number of rotatable bonds is 1. The molecule has 1 rings (SSSR count). The summed E-state index contributed by atoms with van der Waals surface area (Å²) < 4.78 is 5.34. The maximum Gasteiger partial charge on any atom is 0.311 e. The van der Waals surface area contributed by atoms with E-state index in [-0.39, 0.29) is 17.5 Å². The summed E-state index contributed by atoms with van der Waals surface area (Å²) in [5.74, 6) is 1.91. The highest BCUT2D eigenvalue weighted by Crippen LogP contribution is 2.16. The van der Waals surface area contributed by atoms with Gasteiger partial charge in [-0.2, -0.15) is 11.8 Å². The molecule has 0 spiro atoms. The van der Waals surface area contributed by atoms with E-state index in [4.69, 9.17) is 4.74 Å². The molecule has 0 saturated carbocycles. The molecule has 0 amide bonds. The Morgan fingerprint density at radius 1 is 1.50 bits per heavy atom. The second kappa shape index (κ2) is 5.03. The molecule has 1 saturated heterocycles. The van der Waals surface area contributed by atoms with E-state index in [0.29, 0.717) is 0 Å². The summed E-state index contributed by atoms with van der Waals surface area (Å²) in [4.78, 5) is 11.7. The van der Waals surface area contributed by atoms with E-state index in [0.717, 1.165) is 24.6 Å². The van der Waals surface area contributed by atoms with Gasteiger partial charge >= 0.3 is 5.97 Å². The van der Waals surface area contributed by atoms with Gasteiger partial charge in [-0.1, -0.05) is 0 Å². The lowest BCUT2D eigenvalue weighted by molar-refractivity contribution is -0.158. The van der Waals surface area contributed by atoms with Gasteiger partial charge in [0.1, 0.15) is 5.60 Å². The fraction of sp³-hybridized carbons (Fsp3) is 0.900. The fourth-order valence-corrected chi connectivity index (χ4v) is 2.24. The molecule has 0 aromatic rings. The third kappa shape index (κ3) is 4.33. The molecule has 1 N–H and O–H groups in total.